The van der Waals surface area contributed by atoms with E-state index < -0.39 is 67.5 Å². The van der Waals surface area contributed by atoms with E-state index in [1.165, 1.54) is 30.1 Å². The molecule has 0 spiro atoms. The zero-order chi connectivity index (χ0) is 29.1. The van der Waals surface area contributed by atoms with Crippen LogP contribution in [-0.2, 0) is 4.74 Å². The first kappa shape index (κ1) is 27.3. The Bertz CT molecular complexity index is 1460. The van der Waals surface area contributed by atoms with Crippen LogP contribution in [0.25, 0.3) is 5.65 Å². The molecule has 1 saturated heterocycles. The summed E-state index contributed by atoms with van der Waals surface area (Å²) in [6.45, 7) is -0.737. The fourth-order valence-corrected chi connectivity index (χ4v) is 5.34. The van der Waals surface area contributed by atoms with E-state index >= 15 is 0 Å². The predicted molar refractivity (Wildman–Crippen MR) is 127 cm³/mol. The Hall–Kier alpha value is -3.89. The second-order valence-corrected chi connectivity index (χ2v) is 10.7. The van der Waals surface area contributed by atoms with E-state index in [1.807, 2.05) is 5.32 Å². The van der Waals surface area contributed by atoms with Gasteiger partial charge in [-0.05, 0) is 30.0 Å². The fraction of sp³-hybridized carbons (Fsp3) is 0.583. The Morgan fingerprint density at radius 2 is 2.05 bits per heavy atom. The van der Waals surface area contributed by atoms with Crippen LogP contribution in [0, 0.1) is 5.92 Å². The third kappa shape index (κ3) is 5.29. The van der Waals surface area contributed by atoms with Gasteiger partial charge in [-0.2, -0.15) is 18.3 Å². The van der Waals surface area contributed by atoms with Crippen molar-refractivity contribution in [2.24, 2.45) is 5.92 Å². The molecule has 0 unspecified atom stereocenters. The number of carbonyl (C=O) groups is 2. The summed E-state index contributed by atoms with van der Waals surface area (Å²) >= 11 is 0. The normalized spacial score (nSPS) is 22.4. The highest BCUT2D eigenvalue weighted by Gasteiger charge is 2.51. The first-order valence-electron chi connectivity index (χ1n) is 12.9. The maximum absolute atomic E-state index is 13.8. The molecule has 0 radical (unpaired) electrons. The smallest absolute Gasteiger partial charge is 0.382 e. The lowest BCUT2D eigenvalue weighted by Gasteiger charge is -2.39. The van der Waals surface area contributed by atoms with E-state index in [2.05, 4.69) is 25.7 Å². The summed E-state index contributed by atoms with van der Waals surface area (Å²) in [4.78, 5) is 31.0. The van der Waals surface area contributed by atoms with Crippen molar-refractivity contribution in [1.29, 1.82) is 0 Å². The molecule has 0 bridgehead atoms. The van der Waals surface area contributed by atoms with E-state index in [-0.39, 0.29) is 29.6 Å². The SMILES string of the molecule is COC[C@H](c1cnn2cc([C@H](NC(=O)c3nonc3C3CC3)C3CC(F)(F)C3)nc2c1)N1C[C@@H](C(F)(F)F)NC1=O. The number of nitrogens with one attached hydrogen (secondary N) is 2. The molecule has 4 heterocycles. The largest absolute Gasteiger partial charge is 0.410 e. The Labute approximate surface area is 228 Å². The van der Waals surface area contributed by atoms with Gasteiger partial charge in [0.25, 0.3) is 5.91 Å². The van der Waals surface area contributed by atoms with E-state index in [0.717, 1.165) is 17.7 Å². The van der Waals surface area contributed by atoms with Crippen molar-refractivity contribution in [3.8, 4) is 0 Å². The number of rotatable bonds is 9. The second-order valence-electron chi connectivity index (χ2n) is 10.7. The van der Waals surface area contributed by atoms with Gasteiger partial charge in [-0.1, -0.05) is 5.16 Å². The molecule has 3 aliphatic rings. The summed E-state index contributed by atoms with van der Waals surface area (Å²) in [6, 6.07) is -3.24. The molecule has 220 valence electrons. The number of hydrogen-bond acceptors (Lipinski definition) is 8. The van der Waals surface area contributed by atoms with Gasteiger partial charge < -0.3 is 20.3 Å². The molecule has 12 nitrogen and oxygen atoms in total. The number of halogens is 5. The Kier molecular flexibility index (Phi) is 6.58. The van der Waals surface area contributed by atoms with E-state index in [9.17, 15) is 31.5 Å². The number of aromatic nitrogens is 5. The van der Waals surface area contributed by atoms with Crippen molar-refractivity contribution in [2.75, 3.05) is 20.3 Å². The maximum atomic E-state index is 13.8. The van der Waals surface area contributed by atoms with Gasteiger partial charge in [0.1, 0.15) is 11.7 Å². The number of fused-ring (bicyclic) bond motifs is 1. The van der Waals surface area contributed by atoms with Gasteiger partial charge in [0.15, 0.2) is 11.3 Å². The van der Waals surface area contributed by atoms with Crippen LogP contribution in [0.1, 0.15) is 71.1 Å². The van der Waals surface area contributed by atoms with Crippen LogP contribution in [0.3, 0.4) is 0 Å². The van der Waals surface area contributed by atoms with Crippen molar-refractivity contribution in [3.63, 3.8) is 0 Å². The molecule has 2 aliphatic carbocycles. The second kappa shape index (κ2) is 9.88. The number of imidazole rings is 1. The molecular weight excluding hydrogens is 559 g/mol. The van der Waals surface area contributed by atoms with Crippen LogP contribution in [0.4, 0.5) is 26.7 Å². The molecular formula is C24H25F5N8O4. The summed E-state index contributed by atoms with van der Waals surface area (Å²) in [7, 11) is 1.35. The Morgan fingerprint density at radius 1 is 1.29 bits per heavy atom. The monoisotopic (exact) mass is 584 g/mol. The third-order valence-electron chi connectivity index (χ3n) is 7.67. The molecule has 6 rings (SSSR count). The minimum atomic E-state index is -4.62. The van der Waals surface area contributed by atoms with Crippen LogP contribution in [0.2, 0.25) is 0 Å². The molecule has 3 fully saturated rings. The van der Waals surface area contributed by atoms with Crippen molar-refractivity contribution >= 4 is 17.6 Å². The number of amides is 3. The van der Waals surface area contributed by atoms with Crippen LogP contribution in [0.5, 0.6) is 0 Å². The zero-order valence-corrected chi connectivity index (χ0v) is 21.6. The maximum Gasteiger partial charge on any atom is 0.410 e. The van der Waals surface area contributed by atoms with Gasteiger partial charge in [-0.15, -0.1) is 0 Å². The first-order chi connectivity index (χ1) is 19.4. The van der Waals surface area contributed by atoms with E-state index in [1.54, 1.807) is 0 Å². The molecule has 3 aromatic rings. The van der Waals surface area contributed by atoms with Gasteiger partial charge in [0.2, 0.25) is 5.92 Å². The Balaban J connectivity index is 1.28. The number of urea groups is 1. The standard InChI is InChI=1S/C24H25F5N8O4/c1-40-10-15(36-9-16(24(27,28)29)32-22(36)39)12-4-17-31-14(8-37(17)30-7-12)18(13-5-23(25,26)6-13)33-21(38)20-19(11-2-3-11)34-41-35-20/h4,7-8,11,13,15-16,18H,2-3,5-6,9-10H2,1H3,(H,32,39)(H,33,38)/t15-,16+,18-/m1/s1. The summed E-state index contributed by atoms with van der Waals surface area (Å²) in [5.74, 6) is -4.06. The van der Waals surface area contributed by atoms with Gasteiger partial charge in [-0.25, -0.2) is 27.7 Å². The number of alkyl halides is 5. The molecule has 3 amide bonds. The average molecular weight is 585 g/mol. The Morgan fingerprint density at radius 3 is 2.68 bits per heavy atom. The number of hydrogen-bond donors (Lipinski definition) is 2. The average Bonchev–Trinajstić information content (AvgIpc) is 3.28. The number of carbonyl (C=O) groups excluding carboxylic acids is 2. The lowest BCUT2D eigenvalue weighted by Crippen LogP contribution is -2.45. The van der Waals surface area contributed by atoms with Crippen LogP contribution >= 0.6 is 0 Å². The molecule has 3 aromatic heterocycles. The molecule has 1 aliphatic heterocycles. The highest BCUT2D eigenvalue weighted by Crippen LogP contribution is 2.48. The van der Waals surface area contributed by atoms with Gasteiger partial charge in [0, 0.05) is 31.4 Å². The lowest BCUT2D eigenvalue weighted by atomic mass is 9.75. The summed E-state index contributed by atoms with van der Waals surface area (Å²) in [5, 5.41) is 16.5. The van der Waals surface area contributed by atoms with E-state index in [0.29, 0.717) is 11.3 Å². The van der Waals surface area contributed by atoms with Crippen molar-refractivity contribution < 1.29 is 40.9 Å². The van der Waals surface area contributed by atoms with Gasteiger partial charge in [-0.3, -0.25) is 4.79 Å². The van der Waals surface area contributed by atoms with E-state index in [4.69, 9.17) is 9.37 Å². The van der Waals surface area contributed by atoms with Crippen LogP contribution in [0.15, 0.2) is 23.1 Å². The quantitative estimate of drug-likeness (QED) is 0.366. The molecule has 0 aromatic carbocycles. The van der Waals surface area contributed by atoms with Gasteiger partial charge >= 0.3 is 12.2 Å². The molecule has 2 N–H and O–H groups in total. The minimum Gasteiger partial charge on any atom is -0.382 e. The highest BCUT2D eigenvalue weighted by molar-refractivity contribution is 5.93. The highest BCUT2D eigenvalue weighted by atomic mass is 19.4. The molecule has 41 heavy (non-hydrogen) atoms. The summed E-state index contributed by atoms with van der Waals surface area (Å²) in [5.41, 5.74) is 1.26. The van der Waals surface area contributed by atoms with Crippen molar-refractivity contribution in [2.45, 2.75) is 61.8 Å². The molecule has 2 saturated carbocycles. The summed E-state index contributed by atoms with van der Waals surface area (Å²) in [6.07, 6.45) is -1.02. The zero-order valence-electron chi connectivity index (χ0n) is 21.6. The summed E-state index contributed by atoms with van der Waals surface area (Å²) < 4.78 is 78.7. The fourth-order valence-electron chi connectivity index (χ4n) is 5.34. The molecule has 3 atom stereocenters. The number of ether oxygens (including phenoxy) is 1. The minimum absolute atomic E-state index is 0.00350. The first-order valence-corrected chi connectivity index (χ1v) is 12.9. The number of methoxy groups -OCH3 is 1. The van der Waals surface area contributed by atoms with Crippen LogP contribution in [-0.4, -0.2) is 80.2 Å². The van der Waals surface area contributed by atoms with Gasteiger partial charge in [0.05, 0.1) is 43.3 Å². The lowest BCUT2D eigenvalue weighted by molar-refractivity contribution is -0.150. The predicted octanol–water partition coefficient (Wildman–Crippen LogP) is 3.15. The number of nitrogens with zero attached hydrogens (tertiary/aromatic N) is 6. The van der Waals surface area contributed by atoms with Crippen molar-refractivity contribution in [3.05, 3.63) is 41.1 Å². The topological polar surface area (TPSA) is 140 Å². The van der Waals surface area contributed by atoms with Crippen LogP contribution < -0.4 is 10.6 Å². The third-order valence-corrected chi connectivity index (χ3v) is 7.67. The van der Waals surface area contributed by atoms with Crippen molar-refractivity contribution in [1.82, 2.24) is 40.4 Å². The molecule has 17 heteroatoms.